The van der Waals surface area contributed by atoms with Crippen molar-refractivity contribution in [2.75, 3.05) is 0 Å². The number of hydrogen-bond donors (Lipinski definition) is 0. The molecule has 2 aromatic carbocycles. The van der Waals surface area contributed by atoms with Gasteiger partial charge in [-0.25, -0.2) is 4.98 Å². The fourth-order valence-corrected chi connectivity index (χ4v) is 3.79. The minimum atomic E-state index is 0.287. The third-order valence-electron chi connectivity index (χ3n) is 4.30. The Morgan fingerprint density at radius 3 is 2.83 bits per heavy atom. The Morgan fingerprint density at radius 2 is 2.00 bits per heavy atom. The standard InChI is InChI=1S/C20H19NOS/c1-2-4-15(5-3-1)13-18-8-7-17-12-16(6-9-19(17)22-18)14-20-21-10-11-23-20/h1-6,9-12,18H,7-8,13-14H2/t18-/m0/s1. The van der Waals surface area contributed by atoms with Crippen LogP contribution in [0.4, 0.5) is 0 Å². The molecule has 0 spiro atoms. The van der Waals surface area contributed by atoms with Gasteiger partial charge in [-0.3, -0.25) is 0 Å². The van der Waals surface area contributed by atoms with Crippen molar-refractivity contribution in [2.24, 2.45) is 0 Å². The molecule has 0 saturated carbocycles. The van der Waals surface area contributed by atoms with Gasteiger partial charge in [0, 0.05) is 24.4 Å². The summed E-state index contributed by atoms with van der Waals surface area (Å²) in [7, 11) is 0. The topological polar surface area (TPSA) is 22.1 Å². The molecule has 0 radical (unpaired) electrons. The molecule has 2 nitrogen and oxygen atoms in total. The van der Waals surface area contributed by atoms with Crippen molar-refractivity contribution in [3.05, 3.63) is 81.8 Å². The van der Waals surface area contributed by atoms with Crippen LogP contribution in [0.2, 0.25) is 0 Å². The fraction of sp³-hybridized carbons (Fsp3) is 0.250. The Hall–Kier alpha value is -2.13. The van der Waals surface area contributed by atoms with Crippen LogP contribution in [0.1, 0.15) is 28.1 Å². The lowest BCUT2D eigenvalue weighted by atomic mass is 9.96. The van der Waals surface area contributed by atoms with Gasteiger partial charge in [0.2, 0.25) is 0 Å². The van der Waals surface area contributed by atoms with Crippen molar-refractivity contribution < 1.29 is 4.74 Å². The Bertz CT molecular complexity index is 768. The van der Waals surface area contributed by atoms with E-state index in [9.17, 15) is 0 Å². The molecule has 4 rings (SSSR count). The summed E-state index contributed by atoms with van der Waals surface area (Å²) >= 11 is 1.71. The first kappa shape index (κ1) is 14.5. The third-order valence-corrected chi connectivity index (χ3v) is 5.08. The molecular weight excluding hydrogens is 302 g/mol. The van der Waals surface area contributed by atoms with Crippen LogP contribution in [-0.4, -0.2) is 11.1 Å². The Labute approximate surface area is 140 Å². The first-order valence-corrected chi connectivity index (χ1v) is 8.95. The van der Waals surface area contributed by atoms with E-state index in [2.05, 4.69) is 53.5 Å². The molecule has 0 aliphatic carbocycles. The van der Waals surface area contributed by atoms with Crippen molar-refractivity contribution >= 4 is 11.3 Å². The molecule has 0 saturated heterocycles. The van der Waals surface area contributed by atoms with Crippen molar-refractivity contribution in [1.82, 2.24) is 4.98 Å². The molecule has 0 bridgehead atoms. The van der Waals surface area contributed by atoms with Crippen molar-refractivity contribution in [2.45, 2.75) is 31.8 Å². The smallest absolute Gasteiger partial charge is 0.122 e. The molecular formula is C20H19NOS. The quantitative estimate of drug-likeness (QED) is 0.696. The number of rotatable bonds is 4. The lowest BCUT2D eigenvalue weighted by Crippen LogP contribution is -2.25. The largest absolute Gasteiger partial charge is 0.490 e. The Kier molecular flexibility index (Phi) is 4.12. The number of aromatic nitrogens is 1. The van der Waals surface area contributed by atoms with E-state index in [4.69, 9.17) is 4.74 Å². The van der Waals surface area contributed by atoms with Crippen LogP contribution in [-0.2, 0) is 19.3 Å². The number of ether oxygens (including phenoxy) is 1. The predicted octanol–water partition coefficient (Wildman–Crippen LogP) is 4.67. The van der Waals surface area contributed by atoms with Crippen LogP contribution in [0.5, 0.6) is 5.75 Å². The molecule has 3 aromatic rings. The molecule has 2 heterocycles. The van der Waals surface area contributed by atoms with E-state index in [1.807, 2.05) is 11.6 Å². The van der Waals surface area contributed by atoms with Crippen molar-refractivity contribution in [1.29, 1.82) is 0 Å². The fourth-order valence-electron chi connectivity index (χ4n) is 3.14. The molecule has 116 valence electrons. The van der Waals surface area contributed by atoms with Gasteiger partial charge in [-0.15, -0.1) is 11.3 Å². The summed E-state index contributed by atoms with van der Waals surface area (Å²) in [6.45, 7) is 0. The molecule has 1 aromatic heterocycles. The van der Waals surface area contributed by atoms with Crippen LogP contribution < -0.4 is 4.74 Å². The van der Waals surface area contributed by atoms with E-state index in [1.165, 1.54) is 21.7 Å². The number of benzene rings is 2. The number of nitrogens with zero attached hydrogens (tertiary/aromatic N) is 1. The highest BCUT2D eigenvalue weighted by atomic mass is 32.1. The van der Waals surface area contributed by atoms with E-state index in [-0.39, 0.29) is 6.10 Å². The second-order valence-corrected chi connectivity index (χ2v) is 6.99. The van der Waals surface area contributed by atoms with E-state index in [0.717, 1.165) is 31.4 Å². The SMILES string of the molecule is c1ccc(C[C@@H]2CCc3cc(Cc4nccs4)ccc3O2)cc1. The molecule has 1 aliphatic heterocycles. The first-order chi connectivity index (χ1) is 11.4. The molecule has 1 aliphatic rings. The van der Waals surface area contributed by atoms with Gasteiger partial charge < -0.3 is 4.74 Å². The van der Waals surface area contributed by atoms with Gasteiger partial charge in [0.05, 0.1) is 5.01 Å². The van der Waals surface area contributed by atoms with Crippen LogP contribution in [0, 0.1) is 0 Å². The van der Waals surface area contributed by atoms with Crippen molar-refractivity contribution in [3.63, 3.8) is 0 Å². The average Bonchev–Trinajstić information content (AvgIpc) is 3.09. The zero-order valence-corrected chi connectivity index (χ0v) is 13.8. The second kappa shape index (κ2) is 6.55. The van der Waals surface area contributed by atoms with Gasteiger partial charge in [0.15, 0.2) is 0 Å². The van der Waals surface area contributed by atoms with E-state index in [1.54, 1.807) is 11.3 Å². The van der Waals surface area contributed by atoms with Crippen LogP contribution >= 0.6 is 11.3 Å². The molecule has 3 heteroatoms. The Morgan fingerprint density at radius 1 is 1.09 bits per heavy atom. The maximum atomic E-state index is 6.21. The van der Waals surface area contributed by atoms with Crippen LogP contribution in [0.25, 0.3) is 0 Å². The van der Waals surface area contributed by atoms with Gasteiger partial charge in [-0.2, -0.15) is 0 Å². The highest BCUT2D eigenvalue weighted by molar-refractivity contribution is 7.09. The minimum Gasteiger partial charge on any atom is -0.490 e. The highest BCUT2D eigenvalue weighted by Crippen LogP contribution is 2.30. The zero-order valence-electron chi connectivity index (χ0n) is 12.9. The molecule has 0 unspecified atom stereocenters. The highest BCUT2D eigenvalue weighted by Gasteiger charge is 2.20. The van der Waals surface area contributed by atoms with Crippen LogP contribution in [0.3, 0.4) is 0 Å². The maximum absolute atomic E-state index is 6.21. The maximum Gasteiger partial charge on any atom is 0.122 e. The van der Waals surface area contributed by atoms with E-state index in [0.29, 0.717) is 0 Å². The summed E-state index contributed by atoms with van der Waals surface area (Å²) in [6, 6.07) is 17.2. The van der Waals surface area contributed by atoms with Crippen LogP contribution in [0.15, 0.2) is 60.1 Å². The number of aryl methyl sites for hydroxylation is 1. The lowest BCUT2D eigenvalue weighted by Gasteiger charge is -2.26. The molecule has 23 heavy (non-hydrogen) atoms. The summed E-state index contributed by atoms with van der Waals surface area (Å²) < 4.78 is 6.21. The number of fused-ring (bicyclic) bond motifs is 1. The zero-order chi connectivity index (χ0) is 15.5. The molecule has 0 amide bonds. The van der Waals surface area contributed by atoms with E-state index >= 15 is 0 Å². The number of thiazole rings is 1. The summed E-state index contributed by atoms with van der Waals surface area (Å²) in [5.41, 5.74) is 4.01. The third kappa shape index (κ3) is 3.45. The van der Waals surface area contributed by atoms with E-state index < -0.39 is 0 Å². The summed E-state index contributed by atoms with van der Waals surface area (Å²) in [5, 5.41) is 3.20. The first-order valence-electron chi connectivity index (χ1n) is 8.07. The summed E-state index contributed by atoms with van der Waals surface area (Å²) in [4.78, 5) is 4.37. The monoisotopic (exact) mass is 321 g/mol. The van der Waals surface area contributed by atoms with Gasteiger partial charge >= 0.3 is 0 Å². The summed E-state index contributed by atoms with van der Waals surface area (Å²) in [6.07, 6.45) is 6.24. The average molecular weight is 321 g/mol. The minimum absolute atomic E-state index is 0.287. The molecule has 1 atom stereocenters. The normalized spacial score (nSPS) is 16.6. The Balaban J connectivity index is 1.46. The molecule has 0 fully saturated rings. The summed E-state index contributed by atoms with van der Waals surface area (Å²) in [5.74, 6) is 1.06. The van der Waals surface area contributed by atoms with Crippen molar-refractivity contribution in [3.8, 4) is 5.75 Å². The molecule has 0 N–H and O–H groups in total. The lowest BCUT2D eigenvalue weighted by molar-refractivity contribution is 0.174. The van der Waals surface area contributed by atoms with Gasteiger partial charge in [-0.05, 0) is 35.6 Å². The van der Waals surface area contributed by atoms with Gasteiger partial charge in [0.25, 0.3) is 0 Å². The second-order valence-electron chi connectivity index (χ2n) is 6.01. The number of hydrogen-bond acceptors (Lipinski definition) is 3. The van der Waals surface area contributed by atoms with Gasteiger partial charge in [0.1, 0.15) is 11.9 Å². The van der Waals surface area contributed by atoms with Gasteiger partial charge in [-0.1, -0.05) is 42.5 Å². The predicted molar refractivity (Wildman–Crippen MR) is 94.2 cm³/mol.